The van der Waals surface area contributed by atoms with Crippen molar-refractivity contribution in [3.63, 3.8) is 0 Å². The van der Waals surface area contributed by atoms with Crippen molar-refractivity contribution in [2.45, 2.75) is 19.0 Å². The summed E-state index contributed by atoms with van der Waals surface area (Å²) >= 11 is 0. The maximum absolute atomic E-state index is 11.2. The van der Waals surface area contributed by atoms with Crippen LogP contribution < -0.4 is 11.1 Å². The highest BCUT2D eigenvalue weighted by Gasteiger charge is 2.22. The summed E-state index contributed by atoms with van der Waals surface area (Å²) in [5.74, 6) is -0.154. The molecule has 1 aromatic rings. The van der Waals surface area contributed by atoms with Gasteiger partial charge in [-0.15, -0.1) is 0 Å². The van der Waals surface area contributed by atoms with E-state index in [4.69, 9.17) is 5.73 Å². The maximum atomic E-state index is 11.2. The van der Waals surface area contributed by atoms with Gasteiger partial charge in [0.2, 0.25) is 6.41 Å². The van der Waals surface area contributed by atoms with E-state index in [-0.39, 0.29) is 5.78 Å². The fourth-order valence-electron chi connectivity index (χ4n) is 1.38. The van der Waals surface area contributed by atoms with Gasteiger partial charge < -0.3 is 11.1 Å². The molecule has 4 nitrogen and oxygen atoms in total. The van der Waals surface area contributed by atoms with E-state index in [1.54, 1.807) is 0 Å². The van der Waals surface area contributed by atoms with Crippen molar-refractivity contribution in [1.82, 2.24) is 5.32 Å². The molecule has 0 heterocycles. The number of hydrogen-bond acceptors (Lipinski definition) is 3. The molecule has 1 aromatic carbocycles. The molecule has 0 unspecified atom stereocenters. The largest absolute Gasteiger partial charge is 0.350 e. The van der Waals surface area contributed by atoms with Crippen molar-refractivity contribution in [3.8, 4) is 0 Å². The number of nitrogens with two attached hydrogens (primary N) is 1. The zero-order valence-corrected chi connectivity index (χ0v) is 8.51. The zero-order valence-electron chi connectivity index (χ0n) is 8.51. The quantitative estimate of drug-likeness (QED) is 0.684. The molecule has 0 saturated carbocycles. The Morgan fingerprint density at radius 2 is 2.00 bits per heavy atom. The van der Waals surface area contributed by atoms with E-state index in [9.17, 15) is 9.59 Å². The molecule has 0 saturated heterocycles. The Kier molecular flexibility index (Phi) is 4.00. The topological polar surface area (TPSA) is 72.2 Å². The minimum absolute atomic E-state index is 0.154. The molecule has 80 valence electrons. The second-order valence-corrected chi connectivity index (χ2v) is 3.31. The van der Waals surface area contributed by atoms with E-state index in [1.165, 1.54) is 6.92 Å². The molecule has 0 radical (unpaired) electrons. The first kappa shape index (κ1) is 11.4. The molecule has 0 aliphatic rings. The molecule has 1 rings (SSSR count). The third-order valence-corrected chi connectivity index (χ3v) is 2.23. The molecule has 1 amide bonds. The smallest absolute Gasteiger partial charge is 0.207 e. The van der Waals surface area contributed by atoms with Crippen molar-refractivity contribution in [1.29, 1.82) is 0 Å². The average molecular weight is 206 g/mol. The van der Waals surface area contributed by atoms with Crippen LogP contribution in [-0.4, -0.2) is 18.2 Å². The van der Waals surface area contributed by atoms with Gasteiger partial charge in [-0.05, 0) is 12.5 Å². The van der Waals surface area contributed by atoms with Gasteiger partial charge in [0, 0.05) is 0 Å². The van der Waals surface area contributed by atoms with Crippen LogP contribution in [0, 0.1) is 0 Å². The van der Waals surface area contributed by atoms with E-state index >= 15 is 0 Å². The molecular weight excluding hydrogens is 192 g/mol. The number of hydrogen-bond donors (Lipinski definition) is 2. The van der Waals surface area contributed by atoms with Crippen LogP contribution in [0.15, 0.2) is 30.3 Å². The molecule has 0 bridgehead atoms. The first-order valence-corrected chi connectivity index (χ1v) is 4.67. The summed E-state index contributed by atoms with van der Waals surface area (Å²) < 4.78 is 0. The zero-order chi connectivity index (χ0) is 11.3. The second kappa shape index (κ2) is 5.26. The summed E-state index contributed by atoms with van der Waals surface area (Å²) in [7, 11) is 0. The third kappa shape index (κ3) is 2.89. The Labute approximate surface area is 88.5 Å². The monoisotopic (exact) mass is 206 g/mol. The highest BCUT2D eigenvalue weighted by molar-refractivity contribution is 5.82. The molecule has 15 heavy (non-hydrogen) atoms. The number of Topliss-reactive ketones (excluding diaryl/α,β-unsaturated/α-hetero) is 1. The number of carbonyl (C=O) groups is 2. The minimum Gasteiger partial charge on any atom is -0.350 e. The number of benzene rings is 1. The summed E-state index contributed by atoms with van der Waals surface area (Å²) in [6.45, 7) is 1.41. The van der Waals surface area contributed by atoms with Crippen LogP contribution in [0.5, 0.6) is 0 Å². The summed E-state index contributed by atoms with van der Waals surface area (Å²) in [4.78, 5) is 21.6. The molecular formula is C11H14N2O2. The number of nitrogens with one attached hydrogen (secondary N) is 1. The van der Waals surface area contributed by atoms with Gasteiger partial charge >= 0.3 is 0 Å². The number of carbonyl (C=O) groups excluding carboxylic acids is 2. The summed E-state index contributed by atoms with van der Waals surface area (Å²) in [6, 6.07) is 8.01. The Balaban J connectivity index is 2.92. The van der Waals surface area contributed by atoms with Crippen LogP contribution in [0.4, 0.5) is 0 Å². The van der Waals surface area contributed by atoms with Gasteiger partial charge in [0.25, 0.3) is 0 Å². The maximum Gasteiger partial charge on any atom is 0.207 e. The lowest BCUT2D eigenvalue weighted by Gasteiger charge is -2.21. The minimum atomic E-state index is -0.711. The van der Waals surface area contributed by atoms with E-state index in [0.29, 0.717) is 6.41 Å². The molecule has 4 heteroatoms. The van der Waals surface area contributed by atoms with Crippen LogP contribution in [0.2, 0.25) is 0 Å². The summed E-state index contributed by atoms with van der Waals surface area (Å²) in [5, 5.41) is 2.55. The Hall–Kier alpha value is -1.68. The summed E-state index contributed by atoms with van der Waals surface area (Å²) in [5.41, 5.74) is 6.53. The van der Waals surface area contributed by atoms with Crippen LogP contribution >= 0.6 is 0 Å². The molecule has 0 spiro atoms. The SMILES string of the molecule is CC(=O)[C@H](N)[C@@H](NC=O)c1ccccc1. The standard InChI is InChI=1S/C11H14N2O2/c1-8(15)10(12)11(13-7-14)9-5-3-2-4-6-9/h2-7,10-11H,12H2,1H3,(H,13,14)/t10-,11-/m0/s1. The lowest BCUT2D eigenvalue weighted by atomic mass is 9.98. The number of rotatable bonds is 5. The van der Waals surface area contributed by atoms with Gasteiger partial charge in [-0.1, -0.05) is 30.3 Å². The second-order valence-electron chi connectivity index (χ2n) is 3.31. The van der Waals surface area contributed by atoms with Gasteiger partial charge in [-0.2, -0.15) is 0 Å². The van der Waals surface area contributed by atoms with Crippen LogP contribution in [0.25, 0.3) is 0 Å². The Morgan fingerprint density at radius 1 is 1.40 bits per heavy atom. The van der Waals surface area contributed by atoms with Crippen molar-refractivity contribution in [3.05, 3.63) is 35.9 Å². The lowest BCUT2D eigenvalue weighted by Crippen LogP contribution is -2.42. The normalized spacial score (nSPS) is 14.0. The van der Waals surface area contributed by atoms with E-state index in [1.807, 2.05) is 30.3 Å². The van der Waals surface area contributed by atoms with Gasteiger partial charge in [0.15, 0.2) is 0 Å². The van der Waals surface area contributed by atoms with Crippen molar-refractivity contribution in [2.24, 2.45) is 5.73 Å². The predicted molar refractivity (Wildman–Crippen MR) is 57.0 cm³/mol. The molecule has 0 aliphatic carbocycles. The number of ketones is 1. The highest BCUT2D eigenvalue weighted by Crippen LogP contribution is 2.15. The van der Waals surface area contributed by atoms with Gasteiger partial charge in [0.1, 0.15) is 5.78 Å². The summed E-state index contributed by atoms with van der Waals surface area (Å²) in [6.07, 6.45) is 0.556. The van der Waals surface area contributed by atoms with E-state index < -0.39 is 12.1 Å². The van der Waals surface area contributed by atoms with Gasteiger partial charge in [-0.25, -0.2) is 0 Å². The molecule has 0 aliphatic heterocycles. The molecule has 3 N–H and O–H groups in total. The molecule has 2 atom stereocenters. The Morgan fingerprint density at radius 3 is 2.47 bits per heavy atom. The first-order valence-electron chi connectivity index (χ1n) is 4.67. The lowest BCUT2D eigenvalue weighted by molar-refractivity contribution is -0.119. The highest BCUT2D eigenvalue weighted by atomic mass is 16.1. The predicted octanol–water partition coefficient (Wildman–Crippen LogP) is 0.390. The van der Waals surface area contributed by atoms with Crippen LogP contribution in [0.3, 0.4) is 0 Å². The third-order valence-electron chi connectivity index (χ3n) is 2.23. The molecule has 0 fully saturated rings. The van der Waals surface area contributed by atoms with E-state index in [0.717, 1.165) is 5.56 Å². The Bertz CT molecular complexity index is 338. The fourth-order valence-corrected chi connectivity index (χ4v) is 1.38. The first-order chi connectivity index (χ1) is 7.16. The van der Waals surface area contributed by atoms with E-state index in [2.05, 4.69) is 5.32 Å². The van der Waals surface area contributed by atoms with Gasteiger partial charge in [0.05, 0.1) is 12.1 Å². The van der Waals surface area contributed by atoms with Crippen molar-refractivity contribution < 1.29 is 9.59 Å². The van der Waals surface area contributed by atoms with Crippen molar-refractivity contribution in [2.75, 3.05) is 0 Å². The van der Waals surface area contributed by atoms with Gasteiger partial charge in [-0.3, -0.25) is 9.59 Å². The fraction of sp³-hybridized carbons (Fsp3) is 0.273. The van der Waals surface area contributed by atoms with Crippen molar-refractivity contribution >= 4 is 12.2 Å². The van der Waals surface area contributed by atoms with Crippen LogP contribution in [0.1, 0.15) is 18.5 Å². The number of amides is 1. The molecule has 0 aromatic heterocycles. The van der Waals surface area contributed by atoms with Crippen LogP contribution in [-0.2, 0) is 9.59 Å². The average Bonchev–Trinajstić information content (AvgIpc) is 2.26.